The van der Waals surface area contributed by atoms with E-state index in [1.165, 1.54) is 32.1 Å². The lowest BCUT2D eigenvalue weighted by atomic mass is 9.86. The van der Waals surface area contributed by atoms with Gasteiger partial charge in [0.05, 0.1) is 0 Å². The molecule has 0 radical (unpaired) electrons. The highest BCUT2D eigenvalue weighted by molar-refractivity contribution is 7.84. The van der Waals surface area contributed by atoms with Crippen molar-refractivity contribution in [2.24, 2.45) is 25.4 Å². The number of nitrogens with zero attached hydrogens (tertiary/aromatic N) is 4. The van der Waals surface area contributed by atoms with Gasteiger partial charge in [0.15, 0.2) is 0 Å². The Labute approximate surface area is 108 Å². The summed E-state index contributed by atoms with van der Waals surface area (Å²) >= 11 is 5.32. The average Bonchev–Trinajstić information content (AvgIpc) is 2.71. The molecule has 94 valence electrons. The Kier molecular flexibility index (Phi) is 3.19. The van der Waals surface area contributed by atoms with Crippen LogP contribution in [0.3, 0.4) is 0 Å². The second-order valence-electron chi connectivity index (χ2n) is 4.71. The van der Waals surface area contributed by atoms with Gasteiger partial charge >= 0.3 is 0 Å². The molecular formula is C10H16ClN5S. The normalized spacial score (nSPS) is 38.1. The number of guanidine groups is 1. The minimum absolute atomic E-state index is 0.236. The van der Waals surface area contributed by atoms with Crippen molar-refractivity contribution in [2.75, 3.05) is 6.54 Å². The van der Waals surface area contributed by atoms with Crippen LogP contribution in [-0.2, 0) is 11.1 Å². The summed E-state index contributed by atoms with van der Waals surface area (Å²) in [6, 6.07) is 0.620. The molecule has 0 amide bonds. The van der Waals surface area contributed by atoms with Gasteiger partial charge in [-0.15, -0.1) is 0 Å². The van der Waals surface area contributed by atoms with E-state index >= 15 is 0 Å². The van der Waals surface area contributed by atoms with Gasteiger partial charge < -0.3 is 5.73 Å². The van der Waals surface area contributed by atoms with Gasteiger partial charge in [0.2, 0.25) is 11.3 Å². The third-order valence-corrected chi connectivity index (χ3v) is 5.54. The van der Waals surface area contributed by atoms with E-state index in [4.69, 9.17) is 17.3 Å². The summed E-state index contributed by atoms with van der Waals surface area (Å²) in [5.74, 6) is 1.08. The number of aliphatic imine (C=N–C) groups is 1. The molecule has 1 aliphatic carbocycles. The topological polar surface area (TPSA) is 66.3 Å². The number of hydrogen-bond acceptors (Lipinski definition) is 5. The maximum absolute atomic E-state index is 5.86. The molecule has 0 aromatic heterocycles. The van der Waals surface area contributed by atoms with E-state index in [9.17, 15) is 0 Å². The summed E-state index contributed by atoms with van der Waals surface area (Å²) in [5, 5.41) is 0.236. The molecule has 2 fully saturated rings. The van der Waals surface area contributed by atoms with Crippen LogP contribution in [0.1, 0.15) is 32.1 Å². The summed E-state index contributed by atoms with van der Waals surface area (Å²) in [5.41, 5.74) is 5.65. The molecule has 7 heteroatoms. The van der Waals surface area contributed by atoms with Crippen LogP contribution in [0.25, 0.3) is 0 Å². The summed E-state index contributed by atoms with van der Waals surface area (Å²) in [6.45, 7) is 1.06. The fourth-order valence-corrected chi connectivity index (χ4v) is 4.67. The molecule has 5 nitrogen and oxygen atoms in total. The van der Waals surface area contributed by atoms with Crippen molar-refractivity contribution in [2.45, 2.75) is 38.1 Å². The number of hydrogen-bond donors (Lipinski definition) is 1. The Morgan fingerprint density at radius 1 is 1.29 bits per heavy atom. The van der Waals surface area contributed by atoms with Gasteiger partial charge in [-0.2, -0.15) is 13.8 Å². The molecule has 1 unspecified atom stereocenters. The van der Waals surface area contributed by atoms with Crippen molar-refractivity contribution < 1.29 is 0 Å². The maximum atomic E-state index is 5.86. The standard InChI is InChI=1S/C10H16ClN5S/c11-9-13-10(12)15-17(14-9)16-6-5-7-3-1-2-4-8(7)16/h7-8H,1-6H2,(H2,12,13,14,15)/t7-,8-,17?/m0/s1. The highest BCUT2D eigenvalue weighted by Crippen LogP contribution is 2.37. The second kappa shape index (κ2) is 4.66. The first-order valence-corrected chi connectivity index (χ1v) is 7.53. The zero-order valence-corrected chi connectivity index (χ0v) is 11.1. The molecule has 2 N–H and O–H groups in total. The number of nitrogens with two attached hydrogens (primary N) is 1. The van der Waals surface area contributed by atoms with E-state index in [0.717, 1.165) is 12.5 Å². The quantitative estimate of drug-likeness (QED) is 0.741. The van der Waals surface area contributed by atoms with E-state index in [1.807, 2.05) is 0 Å². The molecule has 3 aliphatic rings. The largest absolute Gasteiger partial charge is 0.367 e. The van der Waals surface area contributed by atoms with Gasteiger partial charge in [-0.05, 0) is 36.8 Å². The first-order valence-electron chi connectivity index (χ1n) is 6.05. The molecular weight excluding hydrogens is 258 g/mol. The number of rotatable bonds is 1. The van der Waals surface area contributed by atoms with Crippen molar-refractivity contribution in [1.82, 2.24) is 4.31 Å². The molecule has 3 atom stereocenters. The van der Waals surface area contributed by atoms with Gasteiger partial charge in [-0.1, -0.05) is 12.8 Å². The molecule has 0 spiro atoms. The van der Waals surface area contributed by atoms with E-state index in [0.29, 0.717) is 6.04 Å². The van der Waals surface area contributed by atoms with Crippen LogP contribution in [0, 0.1) is 5.92 Å². The van der Waals surface area contributed by atoms with E-state index in [-0.39, 0.29) is 11.3 Å². The molecule has 0 aromatic carbocycles. The zero-order chi connectivity index (χ0) is 11.8. The third kappa shape index (κ3) is 2.26. The van der Waals surface area contributed by atoms with Crippen molar-refractivity contribution in [3.8, 4) is 0 Å². The Hall–Kier alpha value is -0.460. The molecule has 1 saturated heterocycles. The van der Waals surface area contributed by atoms with Crippen molar-refractivity contribution >= 4 is 33.9 Å². The van der Waals surface area contributed by atoms with Crippen LogP contribution in [0.5, 0.6) is 0 Å². The predicted octanol–water partition coefficient (Wildman–Crippen LogP) is 1.81. The summed E-state index contributed by atoms with van der Waals surface area (Å²) in [6.07, 6.45) is 6.55. The van der Waals surface area contributed by atoms with Gasteiger partial charge in [-0.25, -0.2) is 4.31 Å². The summed E-state index contributed by atoms with van der Waals surface area (Å²) in [7, 11) is 0. The zero-order valence-electron chi connectivity index (χ0n) is 9.55. The second-order valence-corrected chi connectivity index (χ2v) is 6.37. The van der Waals surface area contributed by atoms with Crippen LogP contribution in [-0.4, -0.2) is 28.1 Å². The van der Waals surface area contributed by atoms with Crippen LogP contribution in [0.2, 0.25) is 0 Å². The Balaban J connectivity index is 1.84. The van der Waals surface area contributed by atoms with E-state index < -0.39 is 11.1 Å². The van der Waals surface area contributed by atoms with Gasteiger partial charge in [0, 0.05) is 12.6 Å². The Morgan fingerprint density at radius 3 is 2.94 bits per heavy atom. The molecule has 2 aliphatic heterocycles. The van der Waals surface area contributed by atoms with Crippen LogP contribution in [0.15, 0.2) is 13.8 Å². The van der Waals surface area contributed by atoms with Crippen LogP contribution >= 0.6 is 11.6 Å². The number of fused-ring (bicyclic) bond motifs is 1. The number of halogens is 1. The van der Waals surface area contributed by atoms with E-state index in [1.54, 1.807) is 0 Å². The fraction of sp³-hybridized carbons (Fsp3) is 0.800. The van der Waals surface area contributed by atoms with Crippen LogP contribution < -0.4 is 5.73 Å². The van der Waals surface area contributed by atoms with Gasteiger partial charge in [-0.3, -0.25) is 0 Å². The number of amidine groups is 1. The minimum Gasteiger partial charge on any atom is -0.367 e. The maximum Gasteiger partial charge on any atom is 0.234 e. The van der Waals surface area contributed by atoms with Gasteiger partial charge in [0.25, 0.3) is 0 Å². The van der Waals surface area contributed by atoms with Crippen molar-refractivity contribution in [3.05, 3.63) is 0 Å². The van der Waals surface area contributed by atoms with Crippen molar-refractivity contribution in [3.63, 3.8) is 0 Å². The highest BCUT2D eigenvalue weighted by Gasteiger charge is 2.38. The smallest absolute Gasteiger partial charge is 0.234 e. The van der Waals surface area contributed by atoms with Gasteiger partial charge in [0.1, 0.15) is 11.1 Å². The lowest BCUT2D eigenvalue weighted by Crippen LogP contribution is -2.36. The molecule has 3 rings (SSSR count). The predicted molar refractivity (Wildman–Crippen MR) is 71.8 cm³/mol. The molecule has 0 aromatic rings. The molecule has 17 heavy (non-hydrogen) atoms. The van der Waals surface area contributed by atoms with Crippen LogP contribution in [0.4, 0.5) is 0 Å². The first kappa shape index (κ1) is 11.6. The average molecular weight is 274 g/mol. The molecule has 1 saturated carbocycles. The summed E-state index contributed by atoms with van der Waals surface area (Å²) < 4.78 is 11.0. The highest BCUT2D eigenvalue weighted by atomic mass is 35.5. The fourth-order valence-electron chi connectivity index (χ4n) is 2.98. The lowest BCUT2D eigenvalue weighted by Gasteiger charge is -2.31. The van der Waals surface area contributed by atoms with E-state index in [2.05, 4.69) is 18.1 Å². The Bertz CT molecular complexity index is 416. The molecule has 2 heterocycles. The van der Waals surface area contributed by atoms with Crippen molar-refractivity contribution in [1.29, 1.82) is 0 Å². The Morgan fingerprint density at radius 2 is 2.12 bits per heavy atom. The first-order chi connectivity index (χ1) is 8.24. The lowest BCUT2D eigenvalue weighted by molar-refractivity contribution is 0.271. The monoisotopic (exact) mass is 273 g/mol. The third-order valence-electron chi connectivity index (χ3n) is 3.71. The minimum atomic E-state index is -0.540. The molecule has 0 bridgehead atoms. The summed E-state index contributed by atoms with van der Waals surface area (Å²) in [4.78, 5) is 3.83. The SMILES string of the molecule is NC1=NC(Cl)=NS(N2CC[C@@H]3CCCC[C@@H]32)=N1.